The van der Waals surface area contributed by atoms with Crippen molar-refractivity contribution in [3.05, 3.63) is 36.2 Å². The monoisotopic (exact) mass is 313 g/mol. The van der Waals surface area contributed by atoms with Crippen LogP contribution in [0.3, 0.4) is 0 Å². The normalized spacial score (nSPS) is 14.8. The van der Waals surface area contributed by atoms with Crippen molar-refractivity contribution in [1.82, 2.24) is 24.7 Å². The molecule has 1 aliphatic heterocycles. The molecule has 0 saturated carbocycles. The van der Waals surface area contributed by atoms with E-state index < -0.39 is 0 Å². The summed E-state index contributed by atoms with van der Waals surface area (Å²) in [5.74, 6) is 0.216. The number of likely N-dealkylation sites (tertiary alicyclic amines) is 1. The maximum absolute atomic E-state index is 12.3. The van der Waals surface area contributed by atoms with Crippen molar-refractivity contribution >= 4 is 22.2 Å². The van der Waals surface area contributed by atoms with E-state index in [9.17, 15) is 4.79 Å². The quantitative estimate of drug-likeness (QED) is 0.742. The van der Waals surface area contributed by atoms with Crippen LogP contribution < -0.4 is 0 Å². The van der Waals surface area contributed by atoms with Crippen LogP contribution in [0.2, 0.25) is 0 Å². The molecule has 0 unspecified atom stereocenters. The number of amides is 1. The second-order valence-electron chi connectivity index (χ2n) is 5.43. The number of benzene rings is 1. The molecule has 0 spiro atoms. The van der Waals surface area contributed by atoms with Crippen molar-refractivity contribution < 1.29 is 4.79 Å². The highest BCUT2D eigenvalue weighted by Crippen LogP contribution is 2.25. The SMILES string of the molecule is O=C(Cc1cccc(-c2nn3cnnc3s2)c1)N1CCCC1. The summed E-state index contributed by atoms with van der Waals surface area (Å²) in [6, 6.07) is 8.03. The minimum absolute atomic E-state index is 0.216. The summed E-state index contributed by atoms with van der Waals surface area (Å²) >= 11 is 1.49. The van der Waals surface area contributed by atoms with E-state index in [1.165, 1.54) is 11.3 Å². The zero-order valence-corrected chi connectivity index (χ0v) is 12.8. The summed E-state index contributed by atoms with van der Waals surface area (Å²) in [5.41, 5.74) is 2.04. The highest BCUT2D eigenvalue weighted by molar-refractivity contribution is 7.19. The maximum Gasteiger partial charge on any atom is 0.234 e. The Hall–Kier alpha value is -2.28. The minimum Gasteiger partial charge on any atom is -0.342 e. The molecule has 0 atom stereocenters. The fourth-order valence-corrected chi connectivity index (χ4v) is 3.56. The zero-order valence-electron chi connectivity index (χ0n) is 12.0. The predicted molar refractivity (Wildman–Crippen MR) is 83.6 cm³/mol. The molecular weight excluding hydrogens is 298 g/mol. The van der Waals surface area contributed by atoms with Crippen LogP contribution in [0.1, 0.15) is 18.4 Å². The average molecular weight is 313 g/mol. The lowest BCUT2D eigenvalue weighted by Crippen LogP contribution is -2.29. The summed E-state index contributed by atoms with van der Waals surface area (Å²) in [6.07, 6.45) is 4.30. The number of rotatable bonds is 3. The zero-order chi connectivity index (χ0) is 14.9. The Morgan fingerprint density at radius 3 is 2.95 bits per heavy atom. The van der Waals surface area contributed by atoms with E-state index in [0.29, 0.717) is 6.42 Å². The Morgan fingerprint density at radius 1 is 1.27 bits per heavy atom. The number of hydrogen-bond acceptors (Lipinski definition) is 5. The van der Waals surface area contributed by atoms with Crippen molar-refractivity contribution in [2.24, 2.45) is 0 Å². The molecule has 0 bridgehead atoms. The van der Waals surface area contributed by atoms with Crippen LogP contribution in [-0.4, -0.2) is 43.7 Å². The smallest absolute Gasteiger partial charge is 0.234 e. The summed E-state index contributed by atoms with van der Waals surface area (Å²) < 4.78 is 1.67. The first kappa shape index (κ1) is 13.4. The van der Waals surface area contributed by atoms with Crippen LogP contribution in [0.4, 0.5) is 0 Å². The van der Waals surface area contributed by atoms with Gasteiger partial charge in [0.25, 0.3) is 0 Å². The van der Waals surface area contributed by atoms with Gasteiger partial charge >= 0.3 is 0 Å². The fourth-order valence-electron chi connectivity index (χ4n) is 2.74. The van der Waals surface area contributed by atoms with E-state index in [0.717, 1.165) is 47.0 Å². The van der Waals surface area contributed by atoms with Gasteiger partial charge in [-0.2, -0.15) is 9.61 Å². The van der Waals surface area contributed by atoms with Crippen LogP contribution in [0.5, 0.6) is 0 Å². The Morgan fingerprint density at radius 2 is 2.14 bits per heavy atom. The molecule has 3 aromatic rings. The standard InChI is InChI=1S/C15H15N5OS/c21-13(19-6-1-2-7-19)9-11-4-3-5-12(8-11)14-18-20-10-16-17-15(20)22-14/h3-5,8,10H,1-2,6-7,9H2. The van der Waals surface area contributed by atoms with Crippen molar-refractivity contribution in [3.63, 3.8) is 0 Å². The lowest BCUT2D eigenvalue weighted by Gasteiger charge is -2.15. The van der Waals surface area contributed by atoms with E-state index in [4.69, 9.17) is 0 Å². The molecule has 1 aromatic carbocycles. The van der Waals surface area contributed by atoms with Crippen molar-refractivity contribution in [2.45, 2.75) is 19.3 Å². The van der Waals surface area contributed by atoms with Gasteiger partial charge in [-0.1, -0.05) is 29.5 Å². The lowest BCUT2D eigenvalue weighted by molar-refractivity contribution is -0.129. The second-order valence-corrected chi connectivity index (χ2v) is 6.39. The van der Waals surface area contributed by atoms with Crippen LogP contribution in [0.15, 0.2) is 30.6 Å². The molecule has 1 saturated heterocycles. The van der Waals surface area contributed by atoms with Gasteiger partial charge < -0.3 is 4.90 Å². The number of hydrogen-bond donors (Lipinski definition) is 0. The molecule has 22 heavy (non-hydrogen) atoms. The van der Waals surface area contributed by atoms with Gasteiger partial charge in [-0.25, -0.2) is 0 Å². The molecule has 0 aliphatic carbocycles. The van der Waals surface area contributed by atoms with Crippen LogP contribution in [0.25, 0.3) is 15.5 Å². The molecule has 0 N–H and O–H groups in total. The Labute approximate surface area is 131 Å². The van der Waals surface area contributed by atoms with Gasteiger partial charge in [0.1, 0.15) is 11.3 Å². The first-order valence-corrected chi connectivity index (χ1v) is 8.15. The molecule has 1 fully saturated rings. The highest BCUT2D eigenvalue weighted by atomic mass is 32.1. The van der Waals surface area contributed by atoms with Crippen LogP contribution >= 0.6 is 11.3 Å². The van der Waals surface area contributed by atoms with Crippen LogP contribution in [0, 0.1) is 0 Å². The Balaban J connectivity index is 1.57. The molecule has 6 nitrogen and oxygen atoms in total. The Bertz CT molecular complexity index is 790. The molecule has 2 aromatic heterocycles. The van der Waals surface area contributed by atoms with Crippen molar-refractivity contribution in [1.29, 1.82) is 0 Å². The van der Waals surface area contributed by atoms with Crippen molar-refractivity contribution in [2.75, 3.05) is 13.1 Å². The first-order chi connectivity index (χ1) is 10.8. The maximum atomic E-state index is 12.3. The fraction of sp³-hybridized carbons (Fsp3) is 0.333. The van der Waals surface area contributed by atoms with E-state index in [1.807, 2.05) is 29.2 Å². The van der Waals surface area contributed by atoms with Gasteiger partial charge in [-0.15, -0.1) is 10.2 Å². The lowest BCUT2D eigenvalue weighted by atomic mass is 10.1. The molecular formula is C15H15N5OS. The van der Waals surface area contributed by atoms with Crippen molar-refractivity contribution in [3.8, 4) is 10.6 Å². The molecule has 1 aliphatic rings. The molecule has 4 rings (SSSR count). The summed E-state index contributed by atoms with van der Waals surface area (Å²) in [6.45, 7) is 1.80. The van der Waals surface area contributed by atoms with E-state index >= 15 is 0 Å². The number of fused-ring (bicyclic) bond motifs is 1. The molecule has 7 heteroatoms. The number of carbonyl (C=O) groups is 1. The van der Waals surface area contributed by atoms with Gasteiger partial charge in [-0.3, -0.25) is 4.79 Å². The van der Waals surface area contributed by atoms with E-state index in [2.05, 4.69) is 15.3 Å². The summed E-state index contributed by atoms with van der Waals surface area (Å²) in [4.78, 5) is 15.0. The topological polar surface area (TPSA) is 63.4 Å². The van der Waals surface area contributed by atoms with E-state index in [-0.39, 0.29) is 5.91 Å². The first-order valence-electron chi connectivity index (χ1n) is 7.33. The second kappa shape index (κ2) is 5.49. The van der Waals surface area contributed by atoms with Gasteiger partial charge in [0.05, 0.1) is 6.42 Å². The van der Waals surface area contributed by atoms with Gasteiger partial charge in [-0.05, 0) is 24.5 Å². The Kier molecular flexibility index (Phi) is 3.34. The molecule has 3 heterocycles. The minimum atomic E-state index is 0.216. The predicted octanol–water partition coefficient (Wildman–Crippen LogP) is 2.02. The highest BCUT2D eigenvalue weighted by Gasteiger charge is 2.18. The molecule has 0 radical (unpaired) electrons. The largest absolute Gasteiger partial charge is 0.342 e. The number of aromatic nitrogens is 4. The molecule has 112 valence electrons. The van der Waals surface area contributed by atoms with Gasteiger partial charge in [0.2, 0.25) is 10.9 Å². The third kappa shape index (κ3) is 2.48. The molecule has 1 amide bonds. The summed E-state index contributed by atoms with van der Waals surface area (Å²) in [5, 5.41) is 13.1. The van der Waals surface area contributed by atoms with Crippen LogP contribution in [-0.2, 0) is 11.2 Å². The van der Waals surface area contributed by atoms with Gasteiger partial charge in [0.15, 0.2) is 0 Å². The third-order valence-electron chi connectivity index (χ3n) is 3.87. The third-order valence-corrected chi connectivity index (χ3v) is 4.84. The van der Waals surface area contributed by atoms with E-state index in [1.54, 1.807) is 10.8 Å². The number of nitrogens with zero attached hydrogens (tertiary/aromatic N) is 5. The van der Waals surface area contributed by atoms with Gasteiger partial charge in [0, 0.05) is 18.7 Å². The number of carbonyl (C=O) groups excluding carboxylic acids is 1. The average Bonchev–Trinajstić information content (AvgIpc) is 3.24. The summed E-state index contributed by atoms with van der Waals surface area (Å²) in [7, 11) is 0.